The number of hydrogen-bond acceptors (Lipinski definition) is 4. The predicted octanol–water partition coefficient (Wildman–Crippen LogP) is 3.17. The average Bonchev–Trinajstić information content (AvgIpc) is 2.77. The van der Waals surface area contributed by atoms with E-state index in [1.54, 1.807) is 32.9 Å². The number of carboxylic acid groups (broad SMARTS) is 1. The number of thiophene rings is 1. The van der Waals surface area contributed by atoms with Crippen molar-refractivity contribution in [3.8, 4) is 0 Å². The number of carbonyl (C=O) groups is 1. The van der Waals surface area contributed by atoms with Gasteiger partial charge >= 0.3 is 5.97 Å². The highest BCUT2D eigenvalue weighted by molar-refractivity contribution is 7.93. The van der Waals surface area contributed by atoms with Crippen molar-refractivity contribution in [2.24, 2.45) is 0 Å². The number of benzene rings is 1. The molecule has 0 radical (unpaired) electrons. The summed E-state index contributed by atoms with van der Waals surface area (Å²) in [6.07, 6.45) is 0. The van der Waals surface area contributed by atoms with Gasteiger partial charge in [-0.05, 0) is 42.8 Å². The third-order valence-electron chi connectivity index (χ3n) is 3.10. The number of hydrogen-bond donors (Lipinski definition) is 2. The first-order valence-corrected chi connectivity index (χ1v) is 8.50. The van der Waals surface area contributed by atoms with Gasteiger partial charge in [-0.25, -0.2) is 13.2 Å². The maximum atomic E-state index is 12.5. The molecule has 0 unspecified atom stereocenters. The molecule has 0 bridgehead atoms. The maximum absolute atomic E-state index is 12.5. The summed E-state index contributed by atoms with van der Waals surface area (Å²) in [6, 6.07) is 5.42. The third-order valence-corrected chi connectivity index (χ3v) is 5.85. The summed E-state index contributed by atoms with van der Waals surface area (Å²) < 4.78 is 27.6. The molecule has 0 amide bonds. The lowest BCUT2D eigenvalue weighted by atomic mass is 10.1. The highest BCUT2D eigenvalue weighted by Crippen LogP contribution is 2.30. The van der Waals surface area contributed by atoms with Crippen LogP contribution >= 0.6 is 11.3 Å². The summed E-state index contributed by atoms with van der Waals surface area (Å²) in [6.45, 7) is 5.18. The summed E-state index contributed by atoms with van der Waals surface area (Å²) in [5, 5.41) is 10.7. The Balaban J connectivity index is 2.54. The molecule has 2 aromatic rings. The van der Waals surface area contributed by atoms with Gasteiger partial charge in [-0.2, -0.15) is 0 Å². The maximum Gasteiger partial charge on any atom is 0.347 e. The van der Waals surface area contributed by atoms with Crippen LogP contribution in [0.3, 0.4) is 0 Å². The first-order valence-electron chi connectivity index (χ1n) is 6.14. The van der Waals surface area contributed by atoms with Crippen molar-refractivity contribution in [1.29, 1.82) is 0 Å². The van der Waals surface area contributed by atoms with E-state index in [1.807, 2.05) is 6.07 Å². The summed E-state index contributed by atoms with van der Waals surface area (Å²) in [4.78, 5) is 10.8. The zero-order valence-corrected chi connectivity index (χ0v) is 13.4. The SMILES string of the molecule is Cc1cccc(C)c1NS(=O)(=O)c1c(C)csc1C(=O)O. The molecule has 0 aliphatic rings. The summed E-state index contributed by atoms with van der Waals surface area (Å²) >= 11 is 0.911. The van der Waals surface area contributed by atoms with Crippen LogP contribution in [0.4, 0.5) is 5.69 Å². The van der Waals surface area contributed by atoms with E-state index in [0.29, 0.717) is 11.3 Å². The van der Waals surface area contributed by atoms with E-state index in [-0.39, 0.29) is 9.77 Å². The van der Waals surface area contributed by atoms with Crippen LogP contribution in [-0.4, -0.2) is 19.5 Å². The second kappa shape index (κ2) is 5.50. The standard InChI is InChI=1S/C14H15NO4S2/c1-8-5-4-6-9(2)11(8)15-21(18,19)13-10(3)7-20-12(13)14(16)17/h4-7,15H,1-3H3,(H,16,17). The second-order valence-electron chi connectivity index (χ2n) is 4.75. The van der Waals surface area contributed by atoms with E-state index >= 15 is 0 Å². The van der Waals surface area contributed by atoms with Crippen LogP contribution in [0.5, 0.6) is 0 Å². The van der Waals surface area contributed by atoms with Gasteiger partial charge in [0.1, 0.15) is 9.77 Å². The molecule has 7 heteroatoms. The normalized spacial score (nSPS) is 11.4. The number of carboxylic acids is 1. The second-order valence-corrected chi connectivity index (χ2v) is 7.25. The Morgan fingerprint density at radius 3 is 2.24 bits per heavy atom. The van der Waals surface area contributed by atoms with Crippen molar-refractivity contribution in [2.75, 3.05) is 4.72 Å². The van der Waals surface area contributed by atoms with E-state index in [2.05, 4.69) is 4.72 Å². The number of nitrogens with one attached hydrogen (secondary N) is 1. The predicted molar refractivity (Wildman–Crippen MR) is 82.7 cm³/mol. The van der Waals surface area contributed by atoms with Crippen LogP contribution in [-0.2, 0) is 10.0 Å². The Labute approximate surface area is 127 Å². The van der Waals surface area contributed by atoms with Gasteiger partial charge in [0, 0.05) is 0 Å². The van der Waals surface area contributed by atoms with Gasteiger partial charge in [0.2, 0.25) is 0 Å². The van der Waals surface area contributed by atoms with Crippen LogP contribution in [0.1, 0.15) is 26.4 Å². The fourth-order valence-electron chi connectivity index (χ4n) is 2.08. The molecule has 5 nitrogen and oxygen atoms in total. The molecule has 0 spiro atoms. The summed E-state index contributed by atoms with van der Waals surface area (Å²) in [7, 11) is -3.94. The summed E-state index contributed by atoms with van der Waals surface area (Å²) in [5.74, 6) is -1.24. The lowest BCUT2D eigenvalue weighted by Crippen LogP contribution is -2.17. The number of aryl methyl sites for hydroxylation is 3. The molecule has 0 atom stereocenters. The quantitative estimate of drug-likeness (QED) is 0.904. The highest BCUT2D eigenvalue weighted by atomic mass is 32.2. The zero-order valence-electron chi connectivity index (χ0n) is 11.8. The number of aromatic carboxylic acids is 1. The Hall–Kier alpha value is -1.86. The van der Waals surface area contributed by atoms with Crippen LogP contribution in [0.25, 0.3) is 0 Å². The number of anilines is 1. The van der Waals surface area contributed by atoms with Crippen molar-refractivity contribution >= 4 is 33.0 Å². The Kier molecular flexibility index (Phi) is 4.06. The van der Waals surface area contributed by atoms with E-state index in [4.69, 9.17) is 5.11 Å². The molecule has 0 fully saturated rings. The van der Waals surface area contributed by atoms with Gasteiger partial charge in [-0.1, -0.05) is 18.2 Å². The minimum atomic E-state index is -3.94. The van der Waals surface area contributed by atoms with E-state index in [1.165, 1.54) is 5.38 Å². The Bertz CT molecular complexity index is 786. The molecule has 1 aromatic heterocycles. The molecular weight excluding hydrogens is 310 g/mol. The largest absolute Gasteiger partial charge is 0.477 e. The average molecular weight is 325 g/mol. The number of para-hydroxylation sites is 1. The van der Waals surface area contributed by atoms with Gasteiger partial charge < -0.3 is 5.11 Å². The Morgan fingerprint density at radius 1 is 1.14 bits per heavy atom. The molecule has 112 valence electrons. The molecule has 0 saturated carbocycles. The van der Waals surface area contributed by atoms with Crippen LogP contribution in [0, 0.1) is 20.8 Å². The van der Waals surface area contributed by atoms with Crippen molar-refractivity contribution in [3.63, 3.8) is 0 Å². The van der Waals surface area contributed by atoms with Crippen LogP contribution in [0.15, 0.2) is 28.5 Å². The molecule has 1 heterocycles. The molecule has 1 aromatic carbocycles. The molecular formula is C14H15NO4S2. The number of sulfonamides is 1. The van der Waals surface area contributed by atoms with Crippen molar-refractivity contribution in [2.45, 2.75) is 25.7 Å². The van der Waals surface area contributed by atoms with Crippen molar-refractivity contribution in [1.82, 2.24) is 0 Å². The zero-order chi connectivity index (χ0) is 15.8. The van der Waals surface area contributed by atoms with E-state index in [9.17, 15) is 13.2 Å². The smallest absolute Gasteiger partial charge is 0.347 e. The fraction of sp³-hybridized carbons (Fsp3) is 0.214. The molecule has 0 aliphatic carbocycles. The van der Waals surface area contributed by atoms with Gasteiger partial charge in [-0.15, -0.1) is 11.3 Å². The van der Waals surface area contributed by atoms with E-state index in [0.717, 1.165) is 22.5 Å². The van der Waals surface area contributed by atoms with Gasteiger partial charge in [0.05, 0.1) is 5.69 Å². The van der Waals surface area contributed by atoms with Gasteiger partial charge in [-0.3, -0.25) is 4.72 Å². The van der Waals surface area contributed by atoms with Crippen LogP contribution in [0.2, 0.25) is 0 Å². The third kappa shape index (κ3) is 2.93. The minimum absolute atomic E-state index is 0.164. The van der Waals surface area contributed by atoms with Gasteiger partial charge in [0.15, 0.2) is 0 Å². The van der Waals surface area contributed by atoms with Gasteiger partial charge in [0.25, 0.3) is 10.0 Å². The number of rotatable bonds is 4. The lowest BCUT2D eigenvalue weighted by Gasteiger charge is -2.13. The Morgan fingerprint density at radius 2 is 1.71 bits per heavy atom. The fourth-order valence-corrected chi connectivity index (χ4v) is 4.91. The molecule has 0 saturated heterocycles. The van der Waals surface area contributed by atoms with Crippen molar-refractivity contribution in [3.05, 3.63) is 45.1 Å². The monoisotopic (exact) mass is 325 g/mol. The van der Waals surface area contributed by atoms with Crippen LogP contribution < -0.4 is 4.72 Å². The molecule has 21 heavy (non-hydrogen) atoms. The minimum Gasteiger partial charge on any atom is -0.477 e. The highest BCUT2D eigenvalue weighted by Gasteiger charge is 2.27. The lowest BCUT2D eigenvalue weighted by molar-refractivity contribution is 0.0698. The molecule has 2 rings (SSSR count). The summed E-state index contributed by atoms with van der Waals surface area (Å²) in [5.41, 5.74) is 2.47. The molecule has 2 N–H and O–H groups in total. The molecule has 0 aliphatic heterocycles. The van der Waals surface area contributed by atoms with Crippen molar-refractivity contribution < 1.29 is 18.3 Å². The first kappa shape index (κ1) is 15.5. The van der Waals surface area contributed by atoms with E-state index < -0.39 is 16.0 Å². The first-order chi connectivity index (χ1) is 9.74. The topological polar surface area (TPSA) is 83.5 Å².